The topological polar surface area (TPSA) is 52.6 Å². The van der Waals surface area contributed by atoms with Gasteiger partial charge in [0.2, 0.25) is 0 Å². The Balaban J connectivity index is 1.63. The summed E-state index contributed by atoms with van der Waals surface area (Å²) < 4.78 is 0. The Kier molecular flexibility index (Phi) is 4.50. The van der Waals surface area contributed by atoms with Crippen LogP contribution in [0.5, 0.6) is 0 Å². The van der Waals surface area contributed by atoms with Crippen molar-refractivity contribution in [2.24, 2.45) is 0 Å². The predicted octanol–water partition coefficient (Wildman–Crippen LogP) is 1.99. The van der Waals surface area contributed by atoms with Crippen LogP contribution in [0, 0.1) is 6.92 Å². The molecule has 1 saturated heterocycles. The molecule has 22 heavy (non-hydrogen) atoms. The minimum Gasteiger partial charge on any atom is -0.379 e. The lowest BCUT2D eigenvalue weighted by Gasteiger charge is -2.40. The number of aryl methyl sites for hydroxylation is 1. The van der Waals surface area contributed by atoms with Crippen molar-refractivity contribution in [3.63, 3.8) is 0 Å². The maximum Gasteiger partial charge on any atom is 0.256 e. The largest absolute Gasteiger partial charge is 0.379 e. The van der Waals surface area contributed by atoms with Crippen LogP contribution in [-0.4, -0.2) is 40.6 Å². The van der Waals surface area contributed by atoms with Crippen LogP contribution in [0.3, 0.4) is 0 Å². The molecule has 0 spiro atoms. The van der Waals surface area contributed by atoms with E-state index in [9.17, 15) is 9.90 Å². The van der Waals surface area contributed by atoms with E-state index < -0.39 is 5.60 Å². The van der Waals surface area contributed by atoms with Gasteiger partial charge in [-0.1, -0.05) is 36.2 Å². The van der Waals surface area contributed by atoms with E-state index in [0.29, 0.717) is 25.6 Å². The number of benzene rings is 1. The molecule has 4 nitrogen and oxygen atoms in total. The van der Waals surface area contributed by atoms with Gasteiger partial charge in [0.25, 0.3) is 5.91 Å². The summed E-state index contributed by atoms with van der Waals surface area (Å²) in [6, 6.07) is 8.71. The van der Waals surface area contributed by atoms with E-state index in [4.69, 9.17) is 0 Å². The van der Waals surface area contributed by atoms with Gasteiger partial charge in [-0.25, -0.2) is 0 Å². The van der Waals surface area contributed by atoms with Crippen LogP contribution in [0.15, 0.2) is 24.3 Å². The Bertz CT molecular complexity index is 542. The zero-order valence-electron chi connectivity index (χ0n) is 13.3. The minimum absolute atomic E-state index is 0.118. The molecule has 1 amide bonds. The highest BCUT2D eigenvalue weighted by Crippen LogP contribution is 2.25. The van der Waals surface area contributed by atoms with E-state index in [1.54, 1.807) is 4.90 Å². The number of carbonyl (C=O) groups excluding carboxylic acids is 1. The normalized spacial score (nSPS) is 26.1. The van der Waals surface area contributed by atoms with Gasteiger partial charge in [0.05, 0.1) is 0 Å². The maximum atomic E-state index is 12.7. The summed E-state index contributed by atoms with van der Waals surface area (Å²) in [5.74, 6) is -0.118. The molecule has 1 atom stereocenters. The summed E-state index contributed by atoms with van der Waals surface area (Å²) in [5.41, 5.74) is 1.10. The summed E-state index contributed by atoms with van der Waals surface area (Å²) in [7, 11) is 0. The van der Waals surface area contributed by atoms with Crippen LogP contribution in [0.4, 0.5) is 0 Å². The number of likely N-dealkylation sites (tertiary alicyclic amines) is 1. The average molecular weight is 302 g/mol. The molecule has 4 heteroatoms. The summed E-state index contributed by atoms with van der Waals surface area (Å²) >= 11 is 0. The monoisotopic (exact) mass is 302 g/mol. The number of nitrogens with one attached hydrogen (secondary N) is 1. The van der Waals surface area contributed by atoms with Crippen molar-refractivity contribution in [1.82, 2.24) is 10.2 Å². The van der Waals surface area contributed by atoms with Gasteiger partial charge >= 0.3 is 0 Å². The molecule has 1 aliphatic heterocycles. The molecule has 1 aromatic carbocycles. The first-order chi connectivity index (χ1) is 10.6. The highest BCUT2D eigenvalue weighted by molar-refractivity contribution is 5.86. The number of carbonyl (C=O) groups is 1. The molecule has 1 aromatic rings. The van der Waals surface area contributed by atoms with E-state index >= 15 is 0 Å². The number of hydrogen-bond acceptors (Lipinski definition) is 3. The molecule has 0 bridgehead atoms. The Morgan fingerprint density at radius 3 is 2.86 bits per heavy atom. The zero-order valence-corrected chi connectivity index (χ0v) is 13.3. The van der Waals surface area contributed by atoms with Crippen molar-refractivity contribution in [3.8, 4) is 0 Å². The first-order valence-corrected chi connectivity index (χ1v) is 8.37. The SMILES string of the molecule is Cc1cccc(CN2CCC[C@@](O)(CNC3CCC3)C2=O)c1. The van der Waals surface area contributed by atoms with Gasteiger partial charge in [0.1, 0.15) is 0 Å². The van der Waals surface area contributed by atoms with Crippen molar-refractivity contribution in [2.75, 3.05) is 13.1 Å². The van der Waals surface area contributed by atoms with E-state index in [1.165, 1.54) is 12.0 Å². The van der Waals surface area contributed by atoms with Gasteiger partial charge in [-0.3, -0.25) is 4.79 Å². The van der Waals surface area contributed by atoms with Crippen LogP contribution in [0.2, 0.25) is 0 Å². The Hall–Kier alpha value is -1.39. The number of hydrogen-bond donors (Lipinski definition) is 2. The highest BCUT2D eigenvalue weighted by Gasteiger charge is 2.42. The summed E-state index contributed by atoms with van der Waals surface area (Å²) in [5, 5.41) is 14.1. The van der Waals surface area contributed by atoms with E-state index in [0.717, 1.165) is 31.4 Å². The number of rotatable bonds is 5. The van der Waals surface area contributed by atoms with E-state index in [2.05, 4.69) is 24.4 Å². The smallest absolute Gasteiger partial charge is 0.256 e. The lowest BCUT2D eigenvalue weighted by atomic mass is 9.88. The number of piperidine rings is 1. The van der Waals surface area contributed by atoms with Crippen LogP contribution in [0.25, 0.3) is 0 Å². The van der Waals surface area contributed by atoms with Crippen molar-refractivity contribution in [3.05, 3.63) is 35.4 Å². The van der Waals surface area contributed by atoms with Gasteiger partial charge in [0, 0.05) is 25.7 Å². The fourth-order valence-electron chi connectivity index (χ4n) is 3.34. The second-order valence-corrected chi connectivity index (χ2v) is 6.86. The molecule has 2 aliphatic rings. The van der Waals surface area contributed by atoms with Gasteiger partial charge in [-0.2, -0.15) is 0 Å². The van der Waals surface area contributed by atoms with Gasteiger partial charge < -0.3 is 15.3 Å². The first kappa shape index (κ1) is 15.5. The van der Waals surface area contributed by atoms with Gasteiger partial charge in [-0.15, -0.1) is 0 Å². The van der Waals surface area contributed by atoms with Crippen LogP contribution >= 0.6 is 0 Å². The van der Waals surface area contributed by atoms with Crippen molar-refractivity contribution in [1.29, 1.82) is 0 Å². The fraction of sp³-hybridized carbons (Fsp3) is 0.611. The minimum atomic E-state index is -1.22. The molecule has 1 heterocycles. The maximum absolute atomic E-state index is 12.7. The quantitative estimate of drug-likeness (QED) is 0.874. The van der Waals surface area contributed by atoms with Crippen molar-refractivity contribution >= 4 is 5.91 Å². The molecule has 2 fully saturated rings. The second-order valence-electron chi connectivity index (χ2n) is 6.86. The molecule has 2 N–H and O–H groups in total. The molecule has 1 saturated carbocycles. The fourth-order valence-corrected chi connectivity index (χ4v) is 3.34. The summed E-state index contributed by atoms with van der Waals surface area (Å²) in [6.45, 7) is 3.77. The van der Waals surface area contributed by atoms with Crippen molar-refractivity contribution < 1.29 is 9.90 Å². The van der Waals surface area contributed by atoms with E-state index in [1.807, 2.05) is 12.1 Å². The molecular formula is C18H26N2O2. The molecular weight excluding hydrogens is 276 g/mol. The average Bonchev–Trinajstić information content (AvgIpc) is 2.43. The van der Waals surface area contributed by atoms with Crippen LogP contribution in [-0.2, 0) is 11.3 Å². The third-order valence-corrected chi connectivity index (χ3v) is 4.95. The van der Waals surface area contributed by atoms with Crippen LogP contribution < -0.4 is 5.32 Å². The number of aliphatic hydroxyl groups is 1. The Morgan fingerprint density at radius 2 is 2.18 bits per heavy atom. The van der Waals surface area contributed by atoms with Crippen LogP contribution in [0.1, 0.15) is 43.2 Å². The molecule has 3 rings (SSSR count). The molecule has 0 radical (unpaired) electrons. The zero-order chi connectivity index (χ0) is 15.6. The van der Waals surface area contributed by atoms with Crippen molar-refractivity contribution in [2.45, 2.75) is 57.2 Å². The Morgan fingerprint density at radius 1 is 1.36 bits per heavy atom. The summed E-state index contributed by atoms with van der Waals surface area (Å²) in [4.78, 5) is 14.5. The molecule has 0 aromatic heterocycles. The second kappa shape index (κ2) is 6.39. The highest BCUT2D eigenvalue weighted by atomic mass is 16.3. The number of nitrogens with zero attached hydrogens (tertiary/aromatic N) is 1. The third-order valence-electron chi connectivity index (χ3n) is 4.95. The van der Waals surface area contributed by atoms with Gasteiger partial charge in [0.15, 0.2) is 5.60 Å². The van der Waals surface area contributed by atoms with Gasteiger partial charge in [-0.05, 0) is 38.2 Å². The lowest BCUT2D eigenvalue weighted by Crippen LogP contribution is -2.59. The lowest BCUT2D eigenvalue weighted by molar-refractivity contribution is -0.157. The van der Waals surface area contributed by atoms with E-state index in [-0.39, 0.29) is 5.91 Å². The molecule has 1 aliphatic carbocycles. The summed E-state index contributed by atoms with van der Waals surface area (Å²) in [6.07, 6.45) is 5.01. The molecule has 120 valence electrons. The molecule has 0 unspecified atom stereocenters. The third kappa shape index (κ3) is 3.33. The first-order valence-electron chi connectivity index (χ1n) is 8.37. The predicted molar refractivity (Wildman–Crippen MR) is 86.4 cm³/mol. The number of amides is 1. The Labute approximate surface area is 132 Å². The standard InChI is InChI=1S/C18H26N2O2/c1-14-5-2-6-15(11-14)12-20-10-4-9-18(22,17(20)21)13-19-16-7-3-8-16/h2,5-6,11,16,19,22H,3-4,7-10,12-13H2,1H3/t18-/m1/s1.